The number of esters is 1. The summed E-state index contributed by atoms with van der Waals surface area (Å²) in [5.74, 6) is -0.274. The number of aromatic nitrogens is 2. The van der Waals surface area contributed by atoms with Crippen LogP contribution in [0.25, 0.3) is 0 Å². The molecule has 1 aromatic rings. The molecule has 0 saturated carbocycles. The summed E-state index contributed by atoms with van der Waals surface area (Å²) < 4.78 is 7.32. The molecule has 0 aliphatic carbocycles. The summed E-state index contributed by atoms with van der Waals surface area (Å²) in [6, 6.07) is 0.414. The minimum atomic E-state index is -0.497. The maximum atomic E-state index is 12.2. The van der Waals surface area contributed by atoms with Crippen molar-refractivity contribution in [3.63, 3.8) is 0 Å². The van der Waals surface area contributed by atoms with Gasteiger partial charge in [-0.15, -0.1) is 0 Å². The zero-order valence-corrected chi connectivity index (χ0v) is 13.6. The molecule has 0 spiro atoms. The molecule has 22 heavy (non-hydrogen) atoms. The summed E-state index contributed by atoms with van der Waals surface area (Å²) in [6.45, 7) is 6.95. The average Bonchev–Trinajstić information content (AvgIpc) is 2.97. The third kappa shape index (κ3) is 4.86. The molecule has 2 rings (SSSR count). The molecule has 1 fully saturated rings. The first kappa shape index (κ1) is 16.5. The van der Waals surface area contributed by atoms with Crippen molar-refractivity contribution in [3.05, 3.63) is 18.7 Å². The summed E-state index contributed by atoms with van der Waals surface area (Å²) >= 11 is 0. The Balaban J connectivity index is 1.72. The molecule has 122 valence electrons. The normalized spacial score (nSPS) is 16.6. The van der Waals surface area contributed by atoms with Crippen LogP contribution in [0.5, 0.6) is 0 Å². The van der Waals surface area contributed by atoms with Crippen molar-refractivity contribution in [1.82, 2.24) is 14.5 Å². The van der Waals surface area contributed by atoms with Crippen molar-refractivity contribution < 1.29 is 14.3 Å². The van der Waals surface area contributed by atoms with Crippen LogP contribution in [0.1, 0.15) is 52.5 Å². The number of ether oxygens (including phenoxy) is 1. The lowest BCUT2D eigenvalue weighted by atomic mass is 10.0. The number of nitrogens with zero attached hydrogens (tertiary/aromatic N) is 3. The monoisotopic (exact) mass is 307 g/mol. The summed E-state index contributed by atoms with van der Waals surface area (Å²) in [7, 11) is 0. The van der Waals surface area contributed by atoms with Crippen LogP contribution < -0.4 is 0 Å². The molecular weight excluding hydrogens is 282 g/mol. The summed E-state index contributed by atoms with van der Waals surface area (Å²) in [5.41, 5.74) is -0.497. The lowest BCUT2D eigenvalue weighted by Gasteiger charge is -2.32. The van der Waals surface area contributed by atoms with Gasteiger partial charge >= 0.3 is 5.97 Å². The molecule has 1 aromatic heterocycles. The maximum Gasteiger partial charge on any atom is 0.306 e. The number of amides is 1. The van der Waals surface area contributed by atoms with Crippen molar-refractivity contribution in [1.29, 1.82) is 0 Å². The first-order valence-corrected chi connectivity index (χ1v) is 7.82. The van der Waals surface area contributed by atoms with Gasteiger partial charge in [0.05, 0.1) is 12.7 Å². The van der Waals surface area contributed by atoms with E-state index in [1.807, 2.05) is 38.2 Å². The van der Waals surface area contributed by atoms with Crippen molar-refractivity contribution in [3.8, 4) is 0 Å². The number of imidazole rings is 1. The van der Waals surface area contributed by atoms with Crippen LogP contribution in [0, 0.1) is 0 Å². The zero-order chi connectivity index (χ0) is 16.2. The fourth-order valence-corrected chi connectivity index (χ4v) is 2.66. The summed E-state index contributed by atoms with van der Waals surface area (Å²) in [5, 5.41) is 0. The van der Waals surface area contributed by atoms with Crippen LogP contribution in [-0.4, -0.2) is 45.0 Å². The minimum Gasteiger partial charge on any atom is -0.460 e. The van der Waals surface area contributed by atoms with Gasteiger partial charge in [-0.2, -0.15) is 0 Å². The maximum absolute atomic E-state index is 12.2. The molecule has 6 heteroatoms. The lowest BCUT2D eigenvalue weighted by Crippen LogP contribution is -2.39. The predicted molar refractivity (Wildman–Crippen MR) is 82.2 cm³/mol. The number of piperidine rings is 1. The molecule has 0 N–H and O–H groups in total. The SMILES string of the molecule is CC(C)(C)OC(=O)CCC(=O)N1CCC(n2ccnc2)CC1. The van der Waals surface area contributed by atoms with Crippen molar-refractivity contribution in [2.24, 2.45) is 0 Å². The number of carbonyl (C=O) groups is 2. The van der Waals surface area contributed by atoms with Crippen LogP contribution >= 0.6 is 0 Å². The van der Waals surface area contributed by atoms with Gasteiger partial charge in [-0.05, 0) is 33.6 Å². The van der Waals surface area contributed by atoms with Crippen molar-refractivity contribution >= 4 is 11.9 Å². The molecular formula is C16H25N3O3. The Morgan fingerprint density at radius 2 is 1.91 bits per heavy atom. The van der Waals surface area contributed by atoms with Gasteiger partial charge < -0.3 is 14.2 Å². The first-order chi connectivity index (χ1) is 10.3. The molecule has 2 heterocycles. The van der Waals surface area contributed by atoms with E-state index in [9.17, 15) is 9.59 Å². The average molecular weight is 307 g/mol. The fraction of sp³-hybridized carbons (Fsp3) is 0.688. The van der Waals surface area contributed by atoms with Crippen molar-refractivity contribution in [2.45, 2.75) is 58.1 Å². The van der Waals surface area contributed by atoms with Gasteiger partial charge in [-0.1, -0.05) is 0 Å². The van der Waals surface area contributed by atoms with Crippen LogP contribution in [0.4, 0.5) is 0 Å². The Labute approximate surface area is 131 Å². The van der Waals surface area contributed by atoms with Crippen molar-refractivity contribution in [2.75, 3.05) is 13.1 Å². The Morgan fingerprint density at radius 3 is 2.45 bits per heavy atom. The molecule has 0 atom stereocenters. The number of hydrogen-bond donors (Lipinski definition) is 0. The van der Waals surface area contributed by atoms with Gasteiger partial charge in [-0.25, -0.2) is 4.98 Å². The molecule has 0 radical (unpaired) electrons. The van der Waals surface area contributed by atoms with Crippen LogP contribution in [0.2, 0.25) is 0 Å². The number of rotatable bonds is 4. The minimum absolute atomic E-state index is 0.0370. The Kier molecular flexibility index (Phi) is 5.21. The van der Waals surface area contributed by atoms with E-state index in [4.69, 9.17) is 4.74 Å². The Morgan fingerprint density at radius 1 is 1.23 bits per heavy atom. The highest BCUT2D eigenvalue weighted by Crippen LogP contribution is 2.22. The number of likely N-dealkylation sites (tertiary alicyclic amines) is 1. The van der Waals surface area contributed by atoms with Gasteiger partial charge in [0.15, 0.2) is 0 Å². The molecule has 6 nitrogen and oxygen atoms in total. The fourth-order valence-electron chi connectivity index (χ4n) is 2.66. The van der Waals surface area contributed by atoms with Crippen LogP contribution in [-0.2, 0) is 14.3 Å². The largest absolute Gasteiger partial charge is 0.460 e. The second-order valence-corrected chi connectivity index (χ2v) is 6.71. The topological polar surface area (TPSA) is 64.4 Å². The van der Waals surface area contributed by atoms with E-state index in [0.29, 0.717) is 6.04 Å². The standard InChI is InChI=1S/C16H25N3O3/c1-16(2,3)22-15(21)5-4-14(20)18-9-6-13(7-10-18)19-11-8-17-12-19/h8,11-13H,4-7,9-10H2,1-3H3. The molecule has 0 unspecified atom stereocenters. The molecule has 1 aliphatic heterocycles. The second-order valence-electron chi connectivity index (χ2n) is 6.71. The van der Waals surface area contributed by atoms with E-state index in [1.165, 1.54) is 0 Å². The lowest BCUT2D eigenvalue weighted by molar-refractivity contribution is -0.156. The summed E-state index contributed by atoms with van der Waals surface area (Å²) in [4.78, 5) is 29.7. The predicted octanol–water partition coefficient (Wildman–Crippen LogP) is 2.17. The molecule has 0 bridgehead atoms. The van der Waals surface area contributed by atoms with E-state index in [0.717, 1.165) is 25.9 Å². The highest BCUT2D eigenvalue weighted by atomic mass is 16.6. The van der Waals surface area contributed by atoms with E-state index < -0.39 is 5.60 Å². The number of hydrogen-bond acceptors (Lipinski definition) is 4. The van der Waals surface area contributed by atoms with E-state index in [1.54, 1.807) is 6.20 Å². The quantitative estimate of drug-likeness (QED) is 0.800. The smallest absolute Gasteiger partial charge is 0.306 e. The van der Waals surface area contributed by atoms with Gasteiger partial charge in [0, 0.05) is 37.9 Å². The highest BCUT2D eigenvalue weighted by molar-refractivity contribution is 5.81. The first-order valence-electron chi connectivity index (χ1n) is 7.82. The van der Waals surface area contributed by atoms with Crippen LogP contribution in [0.3, 0.4) is 0 Å². The van der Waals surface area contributed by atoms with Gasteiger partial charge in [-0.3, -0.25) is 9.59 Å². The van der Waals surface area contributed by atoms with Gasteiger partial charge in [0.1, 0.15) is 5.60 Å². The Hall–Kier alpha value is -1.85. The van der Waals surface area contributed by atoms with Gasteiger partial charge in [0.2, 0.25) is 5.91 Å². The number of carbonyl (C=O) groups excluding carboxylic acids is 2. The zero-order valence-electron chi connectivity index (χ0n) is 13.6. The van der Waals surface area contributed by atoms with E-state index in [-0.39, 0.29) is 24.7 Å². The highest BCUT2D eigenvalue weighted by Gasteiger charge is 2.24. The molecule has 1 saturated heterocycles. The second kappa shape index (κ2) is 6.94. The summed E-state index contributed by atoms with van der Waals surface area (Å²) in [6.07, 6.45) is 7.79. The molecule has 1 aliphatic rings. The van der Waals surface area contributed by atoms with E-state index in [2.05, 4.69) is 9.55 Å². The molecule has 0 aromatic carbocycles. The van der Waals surface area contributed by atoms with E-state index >= 15 is 0 Å². The van der Waals surface area contributed by atoms with Gasteiger partial charge in [0.25, 0.3) is 0 Å². The Bertz CT molecular complexity index is 497. The molecule has 1 amide bonds. The third-order valence-corrected chi connectivity index (χ3v) is 3.73. The third-order valence-electron chi connectivity index (χ3n) is 3.73. The van der Waals surface area contributed by atoms with Crippen LogP contribution in [0.15, 0.2) is 18.7 Å².